The van der Waals surface area contributed by atoms with Gasteiger partial charge in [0.05, 0.1) is 0 Å². The Morgan fingerprint density at radius 2 is 0.932 bits per heavy atom. The van der Waals surface area contributed by atoms with E-state index in [2.05, 4.69) is 16.0 Å². The Hall–Kier alpha value is -1.37. The van der Waals surface area contributed by atoms with Gasteiger partial charge in [-0.1, -0.05) is 21.6 Å². The summed E-state index contributed by atoms with van der Waals surface area (Å²) >= 11 is 3.46. The summed E-state index contributed by atoms with van der Waals surface area (Å²) in [6.07, 6.45) is -6.82. The maximum Gasteiger partial charge on any atom is 0.446 e. The minimum Gasteiger partial charge on any atom is -0.444 e. The second-order valence-electron chi connectivity index (χ2n) is 11.3. The van der Waals surface area contributed by atoms with Crippen LogP contribution in [0, 0.1) is 0 Å². The molecule has 0 saturated carbocycles. The molecule has 0 aliphatic rings. The van der Waals surface area contributed by atoms with Crippen molar-refractivity contribution >= 4 is 69.7 Å². The Balaban J connectivity index is -0.000000681. The first-order valence-corrected chi connectivity index (χ1v) is 18.3. The Morgan fingerprint density at radius 1 is 0.636 bits per heavy atom. The van der Waals surface area contributed by atoms with Crippen LogP contribution in [0.1, 0.15) is 62.3 Å². The summed E-state index contributed by atoms with van der Waals surface area (Å²) in [6.45, 7) is 19.0. The zero-order chi connectivity index (χ0) is 34.9. The lowest BCUT2D eigenvalue weighted by molar-refractivity contribution is -0.156. The van der Waals surface area contributed by atoms with Gasteiger partial charge in [0.15, 0.2) is 0 Å². The molecule has 5 N–H and O–H groups in total. The van der Waals surface area contributed by atoms with E-state index >= 15 is 0 Å². The van der Waals surface area contributed by atoms with Gasteiger partial charge >= 0.3 is 24.5 Å². The third-order valence-electron chi connectivity index (χ3n) is 3.27. The van der Waals surface area contributed by atoms with Gasteiger partial charge in [-0.25, -0.2) is 14.4 Å². The first kappa shape index (κ1) is 47.0. The molecule has 0 aromatic rings. The highest BCUT2D eigenvalue weighted by atomic mass is 33.1. The molecule has 0 aromatic heterocycles. The predicted octanol–water partition coefficient (Wildman–Crippen LogP) is 6.06. The quantitative estimate of drug-likeness (QED) is 0.0543. The zero-order valence-electron chi connectivity index (χ0n) is 27.1. The van der Waals surface area contributed by atoms with Gasteiger partial charge in [0, 0.05) is 54.3 Å². The fraction of sp³-hybridized carbons (Fsp3) is 0.846. The normalized spacial score (nSPS) is 11.5. The SMILES string of the molecule is CC(C)(C)OC(=O)NCCSCSCCNC(=O)OC(C)(C)C.CC(C)(C)OC(=O)NCCSSCCN.O=CC(F)(F)F. The van der Waals surface area contributed by atoms with Crippen LogP contribution in [-0.4, -0.2) is 102 Å². The summed E-state index contributed by atoms with van der Waals surface area (Å²) in [4.78, 5) is 42.7. The van der Waals surface area contributed by atoms with Crippen molar-refractivity contribution in [1.82, 2.24) is 16.0 Å². The van der Waals surface area contributed by atoms with Crippen molar-refractivity contribution in [2.75, 3.05) is 54.3 Å². The number of nitrogens with one attached hydrogen (secondary N) is 3. The van der Waals surface area contributed by atoms with E-state index in [1.54, 1.807) is 45.1 Å². The van der Waals surface area contributed by atoms with Crippen LogP contribution in [-0.2, 0) is 19.0 Å². The molecule has 0 fully saturated rings. The standard InChI is InChI=1S/C15H30N2O4S2.C9H20N2O2S2.C2HF3O/c1-14(2,3)20-12(18)16-7-9-22-11-23-10-8-17-13(19)21-15(4,5)6;1-9(2,3)13-8(12)11-5-7-15-14-6-4-10;3-2(4,5)1-6/h7-11H2,1-6H3,(H,16,18)(H,17,19);4-7,10H2,1-3H3,(H,11,12);1H. The second-order valence-corrected chi connectivity index (χ2v) is 16.6. The molecule has 0 heterocycles. The molecule has 0 bridgehead atoms. The Morgan fingerprint density at radius 3 is 1.20 bits per heavy atom. The molecule has 0 spiro atoms. The minimum atomic E-state index is -4.64. The number of nitrogens with two attached hydrogens (primary N) is 1. The number of halogens is 3. The maximum atomic E-state index is 11.4. The molecule has 0 atom stereocenters. The third kappa shape index (κ3) is 47.6. The molecule has 0 saturated heterocycles. The summed E-state index contributed by atoms with van der Waals surface area (Å²) in [6, 6.07) is 0. The smallest absolute Gasteiger partial charge is 0.444 e. The Bertz CT molecular complexity index is 760. The first-order valence-electron chi connectivity index (χ1n) is 13.5. The number of carbonyl (C=O) groups excluding carboxylic acids is 4. The van der Waals surface area contributed by atoms with Crippen LogP contribution in [0.4, 0.5) is 27.6 Å². The van der Waals surface area contributed by atoms with Crippen molar-refractivity contribution in [2.45, 2.75) is 85.3 Å². The molecular weight excluding hydrogens is 666 g/mol. The average molecular weight is 717 g/mol. The van der Waals surface area contributed by atoms with Crippen molar-refractivity contribution in [2.24, 2.45) is 5.73 Å². The van der Waals surface area contributed by atoms with E-state index in [9.17, 15) is 27.6 Å². The largest absolute Gasteiger partial charge is 0.446 e. The Kier molecular flexibility index (Phi) is 27.6. The molecule has 44 heavy (non-hydrogen) atoms. The molecule has 0 unspecified atom stereocenters. The van der Waals surface area contributed by atoms with E-state index in [4.69, 9.17) is 24.7 Å². The van der Waals surface area contributed by atoms with Gasteiger partial charge in [0.2, 0.25) is 6.29 Å². The van der Waals surface area contributed by atoms with Crippen molar-refractivity contribution < 1.29 is 46.6 Å². The van der Waals surface area contributed by atoms with Crippen LogP contribution in [0.3, 0.4) is 0 Å². The molecule has 0 radical (unpaired) electrons. The van der Waals surface area contributed by atoms with Crippen LogP contribution in [0.5, 0.6) is 0 Å². The van der Waals surface area contributed by atoms with Gasteiger partial charge in [-0.2, -0.15) is 13.2 Å². The van der Waals surface area contributed by atoms with E-state index in [1.807, 2.05) is 62.3 Å². The number of thioether (sulfide) groups is 2. The topological polar surface area (TPSA) is 158 Å². The molecule has 0 rings (SSSR count). The van der Waals surface area contributed by atoms with Crippen LogP contribution >= 0.6 is 45.1 Å². The number of rotatable bonds is 14. The number of alkyl carbamates (subject to hydrolysis) is 3. The molecular formula is C26H51F3N4O7S4. The number of aldehydes is 1. The molecule has 0 aromatic carbocycles. The fourth-order valence-corrected chi connectivity index (χ4v) is 5.60. The highest BCUT2D eigenvalue weighted by Crippen LogP contribution is 2.19. The number of carbonyl (C=O) groups is 4. The zero-order valence-corrected chi connectivity index (χ0v) is 30.4. The van der Waals surface area contributed by atoms with Gasteiger partial charge in [0.25, 0.3) is 0 Å². The predicted molar refractivity (Wildman–Crippen MR) is 179 cm³/mol. The number of ether oxygens (including phenoxy) is 3. The van der Waals surface area contributed by atoms with E-state index in [0.29, 0.717) is 26.2 Å². The van der Waals surface area contributed by atoms with Crippen molar-refractivity contribution in [1.29, 1.82) is 0 Å². The number of amides is 3. The van der Waals surface area contributed by atoms with E-state index in [-0.39, 0.29) is 18.3 Å². The number of hydrogen-bond donors (Lipinski definition) is 4. The maximum absolute atomic E-state index is 11.4. The van der Waals surface area contributed by atoms with Gasteiger partial charge in [-0.15, -0.1) is 23.5 Å². The lowest BCUT2D eigenvalue weighted by atomic mass is 10.2. The van der Waals surface area contributed by atoms with Crippen molar-refractivity contribution in [3.05, 3.63) is 0 Å². The van der Waals surface area contributed by atoms with Crippen LogP contribution in [0.2, 0.25) is 0 Å². The highest BCUT2D eigenvalue weighted by molar-refractivity contribution is 8.76. The third-order valence-corrected chi connectivity index (χ3v) is 8.03. The lowest BCUT2D eigenvalue weighted by Crippen LogP contribution is -2.33. The Labute approximate surface area is 276 Å². The van der Waals surface area contributed by atoms with E-state index in [1.165, 1.54) is 0 Å². The fourth-order valence-electron chi connectivity index (χ4n) is 1.93. The molecule has 262 valence electrons. The monoisotopic (exact) mass is 716 g/mol. The first-order chi connectivity index (χ1) is 20.0. The van der Waals surface area contributed by atoms with Crippen LogP contribution in [0.25, 0.3) is 0 Å². The molecule has 0 aliphatic carbocycles. The van der Waals surface area contributed by atoms with Gasteiger partial charge in [0.1, 0.15) is 16.8 Å². The van der Waals surface area contributed by atoms with Crippen molar-refractivity contribution in [3.8, 4) is 0 Å². The van der Waals surface area contributed by atoms with Gasteiger partial charge in [-0.05, 0) is 62.3 Å². The van der Waals surface area contributed by atoms with Crippen LogP contribution in [0.15, 0.2) is 0 Å². The number of alkyl halides is 3. The summed E-state index contributed by atoms with van der Waals surface area (Å²) in [5.74, 6) is 3.46. The van der Waals surface area contributed by atoms with Crippen molar-refractivity contribution in [3.63, 3.8) is 0 Å². The lowest BCUT2D eigenvalue weighted by Gasteiger charge is -2.19. The summed E-state index contributed by atoms with van der Waals surface area (Å²) in [5.41, 5.74) is 3.98. The van der Waals surface area contributed by atoms with Gasteiger partial charge in [-0.3, -0.25) is 4.79 Å². The molecule has 18 heteroatoms. The molecule has 11 nitrogen and oxygen atoms in total. The highest BCUT2D eigenvalue weighted by Gasteiger charge is 2.25. The number of hydrogen-bond acceptors (Lipinski definition) is 12. The average Bonchev–Trinajstić information content (AvgIpc) is 2.82. The van der Waals surface area contributed by atoms with E-state index in [0.717, 1.165) is 28.1 Å². The van der Waals surface area contributed by atoms with Crippen LogP contribution < -0.4 is 21.7 Å². The molecule has 3 amide bonds. The summed E-state index contributed by atoms with van der Waals surface area (Å²) in [7, 11) is 3.42. The second kappa shape index (κ2) is 25.8. The van der Waals surface area contributed by atoms with E-state index < -0.39 is 29.3 Å². The van der Waals surface area contributed by atoms with Gasteiger partial charge < -0.3 is 35.9 Å². The minimum absolute atomic E-state index is 0.355. The molecule has 0 aliphatic heterocycles. The summed E-state index contributed by atoms with van der Waals surface area (Å²) < 4.78 is 46.6. The summed E-state index contributed by atoms with van der Waals surface area (Å²) in [5, 5.41) is 9.02.